The Labute approximate surface area is 69.4 Å². The van der Waals surface area contributed by atoms with E-state index in [0.717, 1.165) is 11.8 Å². The summed E-state index contributed by atoms with van der Waals surface area (Å²) in [7, 11) is 0. The Kier molecular flexibility index (Phi) is 2.17. The zero-order chi connectivity index (χ0) is 7.68. The van der Waals surface area contributed by atoms with Crippen LogP contribution in [0.2, 0.25) is 0 Å². The highest BCUT2D eigenvalue weighted by atomic mass is 14.6. The van der Waals surface area contributed by atoms with E-state index in [0.29, 0.717) is 6.04 Å². The predicted molar refractivity (Wildman–Crippen MR) is 47.3 cm³/mol. The Morgan fingerprint density at radius 1 is 0.818 bits per heavy atom. The summed E-state index contributed by atoms with van der Waals surface area (Å²) in [4.78, 5) is 0. The summed E-state index contributed by atoms with van der Waals surface area (Å²) in [6.07, 6.45) is 9.96. The summed E-state index contributed by atoms with van der Waals surface area (Å²) in [6.45, 7) is 0. The van der Waals surface area contributed by atoms with E-state index in [2.05, 4.69) is 0 Å². The lowest BCUT2D eigenvalue weighted by atomic mass is 9.70. The lowest BCUT2D eigenvalue weighted by Crippen LogP contribution is -2.34. The third-order valence-electron chi connectivity index (χ3n) is 3.58. The number of hydrogen-bond acceptors (Lipinski definition) is 1. The molecule has 0 radical (unpaired) electrons. The van der Waals surface area contributed by atoms with Crippen molar-refractivity contribution in [3.63, 3.8) is 0 Å². The van der Waals surface area contributed by atoms with E-state index < -0.39 is 0 Å². The molecule has 1 heteroatoms. The minimum absolute atomic E-state index is 0.536. The monoisotopic (exact) mass is 153 g/mol. The lowest BCUT2D eigenvalue weighted by molar-refractivity contribution is 0.157. The highest BCUT2D eigenvalue weighted by Gasteiger charge is 2.30. The van der Waals surface area contributed by atoms with Crippen LogP contribution >= 0.6 is 0 Å². The smallest absolute Gasteiger partial charge is 0.00416 e. The molecule has 0 aliphatic heterocycles. The molecule has 0 aromatic heterocycles. The molecule has 2 fully saturated rings. The molecule has 2 aliphatic rings. The van der Waals surface area contributed by atoms with E-state index in [-0.39, 0.29) is 0 Å². The van der Waals surface area contributed by atoms with E-state index in [1.807, 2.05) is 0 Å². The molecule has 0 aromatic rings. The van der Waals surface area contributed by atoms with Crippen LogP contribution in [-0.2, 0) is 0 Å². The maximum absolute atomic E-state index is 5.94. The molecule has 3 atom stereocenters. The lowest BCUT2D eigenvalue weighted by Gasteiger charge is -2.38. The second-order valence-corrected chi connectivity index (χ2v) is 4.38. The van der Waals surface area contributed by atoms with Crippen molar-refractivity contribution in [2.75, 3.05) is 0 Å². The van der Waals surface area contributed by atoms with Gasteiger partial charge in [0.15, 0.2) is 0 Å². The quantitative estimate of drug-likeness (QED) is 0.568. The largest absolute Gasteiger partial charge is 0.328 e. The van der Waals surface area contributed by atoms with Crippen molar-refractivity contribution >= 4 is 0 Å². The minimum atomic E-state index is 0.536. The highest BCUT2D eigenvalue weighted by molar-refractivity contribution is 4.84. The van der Waals surface area contributed by atoms with Crippen molar-refractivity contribution in [3.05, 3.63) is 0 Å². The zero-order valence-electron chi connectivity index (χ0n) is 7.26. The van der Waals surface area contributed by atoms with E-state index in [4.69, 9.17) is 5.73 Å². The third kappa shape index (κ3) is 1.58. The molecule has 64 valence electrons. The van der Waals surface area contributed by atoms with Crippen LogP contribution in [0, 0.1) is 11.8 Å². The van der Waals surface area contributed by atoms with Crippen molar-refractivity contribution in [1.82, 2.24) is 0 Å². The normalized spacial score (nSPS) is 45.0. The van der Waals surface area contributed by atoms with Gasteiger partial charge in [-0.15, -0.1) is 0 Å². The number of nitrogens with two attached hydrogens (primary N) is 1. The maximum atomic E-state index is 5.94. The molecule has 0 saturated heterocycles. The fraction of sp³-hybridized carbons (Fsp3) is 1.00. The molecule has 2 saturated carbocycles. The van der Waals surface area contributed by atoms with E-state index in [1.54, 1.807) is 0 Å². The molecular weight excluding hydrogens is 134 g/mol. The van der Waals surface area contributed by atoms with Gasteiger partial charge in [0.2, 0.25) is 0 Å². The summed E-state index contributed by atoms with van der Waals surface area (Å²) < 4.78 is 0. The molecule has 0 heterocycles. The summed E-state index contributed by atoms with van der Waals surface area (Å²) in [5.41, 5.74) is 5.94. The molecule has 11 heavy (non-hydrogen) atoms. The van der Waals surface area contributed by atoms with Crippen LogP contribution in [0.4, 0.5) is 0 Å². The molecule has 0 unspecified atom stereocenters. The molecule has 0 bridgehead atoms. The second kappa shape index (κ2) is 3.14. The molecule has 2 aliphatic carbocycles. The summed E-state index contributed by atoms with van der Waals surface area (Å²) in [6, 6.07) is 0.536. The average Bonchev–Trinajstić information content (AvgIpc) is 2.04. The number of rotatable bonds is 0. The summed E-state index contributed by atoms with van der Waals surface area (Å²) >= 11 is 0. The topological polar surface area (TPSA) is 26.0 Å². The van der Waals surface area contributed by atoms with Gasteiger partial charge in [-0.25, -0.2) is 0 Å². The molecule has 2 N–H and O–H groups in total. The van der Waals surface area contributed by atoms with Crippen LogP contribution in [0.1, 0.15) is 44.9 Å². The van der Waals surface area contributed by atoms with Crippen LogP contribution < -0.4 is 5.73 Å². The summed E-state index contributed by atoms with van der Waals surface area (Å²) in [5, 5.41) is 0. The van der Waals surface area contributed by atoms with E-state index >= 15 is 0 Å². The summed E-state index contributed by atoms with van der Waals surface area (Å²) in [5.74, 6) is 2.07. The Balaban J connectivity index is 1.93. The minimum Gasteiger partial charge on any atom is -0.328 e. The van der Waals surface area contributed by atoms with Gasteiger partial charge in [-0.1, -0.05) is 25.7 Å². The third-order valence-corrected chi connectivity index (χ3v) is 3.58. The predicted octanol–water partition coefficient (Wildman–Crippen LogP) is 2.30. The van der Waals surface area contributed by atoms with Crippen molar-refractivity contribution < 1.29 is 0 Å². The standard InChI is InChI=1S/C10H19N/c11-10-6-5-8-3-1-2-4-9(8)7-10/h8-10H,1-7,11H2/t8-,9-,10-/m0/s1. The zero-order valence-corrected chi connectivity index (χ0v) is 7.26. The first-order chi connectivity index (χ1) is 5.36. The van der Waals surface area contributed by atoms with Crippen molar-refractivity contribution in [3.8, 4) is 0 Å². The Bertz CT molecular complexity index is 133. The average molecular weight is 153 g/mol. The number of hydrogen-bond donors (Lipinski definition) is 1. The molecule has 0 aromatic carbocycles. The van der Waals surface area contributed by atoms with Crippen molar-refractivity contribution in [2.45, 2.75) is 51.0 Å². The van der Waals surface area contributed by atoms with E-state index in [9.17, 15) is 0 Å². The fourth-order valence-corrected chi connectivity index (χ4v) is 2.91. The number of fused-ring (bicyclic) bond motifs is 1. The van der Waals surface area contributed by atoms with Crippen molar-refractivity contribution in [2.24, 2.45) is 17.6 Å². The maximum Gasteiger partial charge on any atom is 0.00416 e. The van der Waals surface area contributed by atoms with Crippen molar-refractivity contribution in [1.29, 1.82) is 0 Å². The van der Waals surface area contributed by atoms with Gasteiger partial charge in [-0.2, -0.15) is 0 Å². The second-order valence-electron chi connectivity index (χ2n) is 4.38. The fourth-order valence-electron chi connectivity index (χ4n) is 2.91. The molecule has 1 nitrogen and oxygen atoms in total. The van der Waals surface area contributed by atoms with E-state index in [1.165, 1.54) is 44.9 Å². The van der Waals surface area contributed by atoms with Gasteiger partial charge in [-0.05, 0) is 31.1 Å². The molecule has 0 spiro atoms. The van der Waals surface area contributed by atoms with Crippen LogP contribution in [0.5, 0.6) is 0 Å². The van der Waals surface area contributed by atoms with Gasteiger partial charge in [0.05, 0.1) is 0 Å². The first-order valence-corrected chi connectivity index (χ1v) is 5.12. The van der Waals surface area contributed by atoms with Gasteiger partial charge < -0.3 is 5.73 Å². The molecule has 0 amide bonds. The van der Waals surface area contributed by atoms with Crippen LogP contribution in [0.15, 0.2) is 0 Å². The Morgan fingerprint density at radius 3 is 2.36 bits per heavy atom. The van der Waals surface area contributed by atoms with Gasteiger partial charge >= 0.3 is 0 Å². The van der Waals surface area contributed by atoms with Gasteiger partial charge in [0.1, 0.15) is 0 Å². The van der Waals surface area contributed by atoms with Gasteiger partial charge in [0, 0.05) is 6.04 Å². The van der Waals surface area contributed by atoms with Gasteiger partial charge in [0.25, 0.3) is 0 Å². The first kappa shape index (κ1) is 7.60. The Morgan fingerprint density at radius 2 is 1.55 bits per heavy atom. The Hall–Kier alpha value is -0.0400. The SMILES string of the molecule is N[C@H]1CC[C@@H]2CCCC[C@H]2C1. The molecule has 2 rings (SSSR count). The van der Waals surface area contributed by atoms with Crippen LogP contribution in [-0.4, -0.2) is 6.04 Å². The highest BCUT2D eigenvalue weighted by Crippen LogP contribution is 2.39. The van der Waals surface area contributed by atoms with Crippen LogP contribution in [0.25, 0.3) is 0 Å². The molecular formula is C10H19N. The van der Waals surface area contributed by atoms with Gasteiger partial charge in [-0.3, -0.25) is 0 Å². The van der Waals surface area contributed by atoms with Crippen LogP contribution in [0.3, 0.4) is 0 Å². The first-order valence-electron chi connectivity index (χ1n) is 5.12.